The van der Waals surface area contributed by atoms with Crippen LogP contribution in [0.3, 0.4) is 0 Å². The topological polar surface area (TPSA) is 96.7 Å². The number of carbonyl (C=O) groups excluding carboxylic acids is 2. The molecule has 0 radical (unpaired) electrons. The fourth-order valence-corrected chi connectivity index (χ4v) is 5.24. The molecule has 35 heavy (non-hydrogen) atoms. The summed E-state index contributed by atoms with van der Waals surface area (Å²) in [5.41, 5.74) is 0.616. The molecule has 0 bridgehead atoms. The van der Waals surface area contributed by atoms with Crippen LogP contribution in [-0.2, 0) is 14.3 Å². The van der Waals surface area contributed by atoms with Gasteiger partial charge in [0, 0.05) is 17.7 Å². The highest BCUT2D eigenvalue weighted by atomic mass is 35.5. The van der Waals surface area contributed by atoms with Gasteiger partial charge in [-0.1, -0.05) is 50.9 Å². The number of aryl methyl sites for hydroxylation is 1. The zero-order valence-corrected chi connectivity index (χ0v) is 23.3. The Morgan fingerprint density at radius 3 is 2.60 bits per heavy atom. The number of ketones is 1. The van der Waals surface area contributed by atoms with Crippen LogP contribution in [0.2, 0.25) is 0 Å². The molecule has 5 atom stereocenters. The number of nitrogens with zero attached hydrogens (tertiary/aromatic N) is 1. The van der Waals surface area contributed by atoms with Crippen molar-refractivity contribution in [1.29, 1.82) is 0 Å². The zero-order valence-electron chi connectivity index (χ0n) is 21.7. The average molecular weight is 526 g/mol. The SMILES string of the molecule is CC[C@H]1C(=O)C(C)(C)[C@@H](O)CC(=O)O[C@H](/C(Cl)=C/c2csc(C)n2)C/C=C(/C)CCC[C@H](C)[C@@H]1O. The summed E-state index contributed by atoms with van der Waals surface area (Å²) in [6, 6.07) is 0. The van der Waals surface area contributed by atoms with Gasteiger partial charge in [-0.3, -0.25) is 9.59 Å². The van der Waals surface area contributed by atoms with E-state index >= 15 is 0 Å². The number of halogens is 1. The molecule has 196 valence electrons. The molecule has 1 aromatic rings. The Morgan fingerprint density at radius 2 is 2.00 bits per heavy atom. The number of esters is 1. The maximum Gasteiger partial charge on any atom is 0.309 e. The van der Waals surface area contributed by atoms with Crippen molar-refractivity contribution in [3.63, 3.8) is 0 Å². The predicted octanol–water partition coefficient (Wildman–Crippen LogP) is 5.83. The first-order valence-corrected chi connectivity index (χ1v) is 13.7. The number of aliphatic hydroxyl groups is 2. The lowest BCUT2D eigenvalue weighted by Crippen LogP contribution is -2.46. The van der Waals surface area contributed by atoms with Gasteiger partial charge in [0.25, 0.3) is 0 Å². The molecule has 0 saturated heterocycles. The van der Waals surface area contributed by atoms with E-state index in [2.05, 4.69) is 4.98 Å². The molecule has 0 aromatic carbocycles. The highest BCUT2D eigenvalue weighted by Gasteiger charge is 2.43. The van der Waals surface area contributed by atoms with Crippen LogP contribution in [-0.4, -0.2) is 45.3 Å². The molecular formula is C27H40ClNO5S. The number of Topliss-reactive ketones (excluding diaryl/α,β-unsaturated/α-hetero) is 1. The lowest BCUT2D eigenvalue weighted by molar-refractivity contribution is -0.154. The summed E-state index contributed by atoms with van der Waals surface area (Å²) in [6.45, 7) is 11.0. The Balaban J connectivity index is 2.35. The van der Waals surface area contributed by atoms with Gasteiger partial charge in [-0.05, 0) is 51.5 Å². The minimum absolute atomic E-state index is 0.0609. The number of aliphatic hydroxyl groups excluding tert-OH is 2. The number of rotatable bonds is 3. The largest absolute Gasteiger partial charge is 0.456 e. The molecule has 8 heteroatoms. The van der Waals surface area contributed by atoms with Gasteiger partial charge in [0.2, 0.25) is 0 Å². The van der Waals surface area contributed by atoms with Gasteiger partial charge < -0.3 is 14.9 Å². The lowest BCUT2D eigenvalue weighted by Gasteiger charge is -2.35. The molecule has 1 aliphatic heterocycles. The highest BCUT2D eigenvalue weighted by molar-refractivity contribution is 7.09. The van der Waals surface area contributed by atoms with Gasteiger partial charge in [0.05, 0.1) is 39.8 Å². The van der Waals surface area contributed by atoms with Gasteiger partial charge in [0.1, 0.15) is 11.9 Å². The van der Waals surface area contributed by atoms with E-state index in [9.17, 15) is 19.8 Å². The quantitative estimate of drug-likeness (QED) is 0.380. The number of allylic oxidation sites excluding steroid dienone is 1. The second-order valence-electron chi connectivity index (χ2n) is 10.3. The van der Waals surface area contributed by atoms with E-state index < -0.39 is 35.6 Å². The number of hydrogen-bond acceptors (Lipinski definition) is 7. The maximum absolute atomic E-state index is 13.4. The van der Waals surface area contributed by atoms with E-state index in [4.69, 9.17) is 16.3 Å². The van der Waals surface area contributed by atoms with Crippen molar-refractivity contribution in [2.24, 2.45) is 17.3 Å². The van der Waals surface area contributed by atoms with Crippen LogP contribution >= 0.6 is 22.9 Å². The monoisotopic (exact) mass is 525 g/mol. The molecule has 2 heterocycles. The molecule has 1 aliphatic rings. The maximum atomic E-state index is 13.4. The van der Waals surface area contributed by atoms with E-state index in [1.54, 1.807) is 19.9 Å². The van der Waals surface area contributed by atoms with E-state index in [1.807, 2.05) is 39.2 Å². The van der Waals surface area contributed by atoms with Crippen molar-refractivity contribution >= 4 is 40.8 Å². The number of hydrogen-bond donors (Lipinski definition) is 2. The molecule has 0 fully saturated rings. The van der Waals surface area contributed by atoms with E-state index in [1.165, 1.54) is 11.3 Å². The summed E-state index contributed by atoms with van der Waals surface area (Å²) in [5, 5.41) is 25.0. The number of thiazole rings is 1. The van der Waals surface area contributed by atoms with Crippen molar-refractivity contribution in [3.05, 3.63) is 32.8 Å². The molecule has 0 amide bonds. The number of cyclic esters (lactones) is 1. The van der Waals surface area contributed by atoms with Gasteiger partial charge in [0.15, 0.2) is 0 Å². The van der Waals surface area contributed by atoms with Crippen LogP contribution in [0.4, 0.5) is 0 Å². The molecule has 2 N–H and O–H groups in total. The Bertz CT molecular complexity index is 938. The van der Waals surface area contributed by atoms with Gasteiger partial charge in [-0.15, -0.1) is 11.3 Å². The third kappa shape index (κ3) is 8.24. The third-order valence-corrected chi connectivity index (χ3v) is 8.16. The summed E-state index contributed by atoms with van der Waals surface area (Å²) < 4.78 is 5.70. The van der Waals surface area contributed by atoms with Crippen molar-refractivity contribution in [3.8, 4) is 0 Å². The normalized spacial score (nSPS) is 31.5. The van der Waals surface area contributed by atoms with E-state index in [0.717, 1.165) is 29.8 Å². The predicted molar refractivity (Wildman–Crippen MR) is 141 cm³/mol. The highest BCUT2D eigenvalue weighted by Crippen LogP contribution is 2.34. The van der Waals surface area contributed by atoms with Crippen LogP contribution in [0.25, 0.3) is 6.08 Å². The molecule has 0 saturated carbocycles. The summed E-state index contributed by atoms with van der Waals surface area (Å²) >= 11 is 8.09. The second-order valence-corrected chi connectivity index (χ2v) is 11.8. The first kappa shape index (κ1) is 29.7. The minimum atomic E-state index is -1.26. The molecule has 1 aromatic heterocycles. The Labute approximate surface area is 218 Å². The fourth-order valence-electron chi connectivity index (χ4n) is 4.42. The van der Waals surface area contributed by atoms with Crippen molar-refractivity contribution in [1.82, 2.24) is 4.98 Å². The van der Waals surface area contributed by atoms with Crippen LogP contribution in [0, 0.1) is 24.2 Å². The molecule has 0 unspecified atom stereocenters. The van der Waals surface area contributed by atoms with Crippen LogP contribution in [0.1, 0.15) is 83.8 Å². The van der Waals surface area contributed by atoms with Crippen LogP contribution in [0.5, 0.6) is 0 Å². The van der Waals surface area contributed by atoms with Crippen LogP contribution < -0.4 is 0 Å². The standard InChI is InChI=1S/C27H40ClNO5S/c1-7-20-25(32)17(3)10-8-9-16(2)11-12-22(21(28)13-19-15-35-18(4)29-19)34-24(31)14-23(30)27(5,6)26(20)33/h11,13,15,17,20,22-23,25,30,32H,7-10,12,14H2,1-6H3/b16-11-,21-13-/t17-,20+,22-,23-,25-/m0/s1. The molecule has 6 nitrogen and oxygen atoms in total. The number of aromatic nitrogens is 1. The lowest BCUT2D eigenvalue weighted by atomic mass is 9.71. The number of ether oxygens (including phenoxy) is 1. The molecular weight excluding hydrogens is 486 g/mol. The Morgan fingerprint density at radius 1 is 1.31 bits per heavy atom. The van der Waals surface area contributed by atoms with Crippen molar-refractivity contribution in [2.45, 2.75) is 98.4 Å². The Kier molecular flexibility index (Phi) is 11.1. The van der Waals surface area contributed by atoms with Gasteiger partial charge >= 0.3 is 5.97 Å². The van der Waals surface area contributed by atoms with Gasteiger partial charge in [-0.2, -0.15) is 0 Å². The van der Waals surface area contributed by atoms with E-state index in [0.29, 0.717) is 23.6 Å². The summed E-state index contributed by atoms with van der Waals surface area (Å²) in [4.78, 5) is 30.6. The summed E-state index contributed by atoms with van der Waals surface area (Å²) in [6.07, 6.45) is 3.93. The Hall–Kier alpha value is -1.54. The minimum Gasteiger partial charge on any atom is -0.456 e. The van der Waals surface area contributed by atoms with Gasteiger partial charge in [-0.25, -0.2) is 4.98 Å². The molecule has 2 rings (SSSR count). The second kappa shape index (κ2) is 13.1. The van der Waals surface area contributed by atoms with Crippen molar-refractivity contribution in [2.75, 3.05) is 0 Å². The van der Waals surface area contributed by atoms with Crippen molar-refractivity contribution < 1.29 is 24.5 Å². The zero-order chi connectivity index (χ0) is 26.3. The number of carbonyl (C=O) groups is 2. The summed E-state index contributed by atoms with van der Waals surface area (Å²) in [7, 11) is 0. The van der Waals surface area contributed by atoms with E-state index in [-0.39, 0.29) is 18.1 Å². The first-order chi connectivity index (χ1) is 16.4. The third-order valence-electron chi connectivity index (χ3n) is 7.01. The average Bonchev–Trinajstić information content (AvgIpc) is 3.20. The fraction of sp³-hybridized carbons (Fsp3) is 0.667. The first-order valence-electron chi connectivity index (χ1n) is 12.4. The summed E-state index contributed by atoms with van der Waals surface area (Å²) in [5.74, 6) is -1.54. The molecule has 0 spiro atoms. The molecule has 0 aliphatic carbocycles. The van der Waals surface area contributed by atoms with Crippen LogP contribution in [0.15, 0.2) is 22.1 Å². The smallest absolute Gasteiger partial charge is 0.309 e.